The van der Waals surface area contributed by atoms with Crippen LogP contribution in [0.25, 0.3) is 0 Å². The van der Waals surface area contributed by atoms with E-state index in [1.54, 1.807) is 0 Å². The van der Waals surface area contributed by atoms with E-state index in [0.717, 1.165) is 0 Å². The zero-order valence-electron chi connectivity index (χ0n) is 7.54. The number of hydrogen-bond acceptors (Lipinski definition) is 4. The molecule has 0 atom stereocenters. The summed E-state index contributed by atoms with van der Waals surface area (Å²) >= 11 is 0. The number of benzene rings is 1. The first-order valence-electron chi connectivity index (χ1n) is 4.03. The Morgan fingerprint density at radius 2 is 2.36 bits per heavy atom. The molecule has 2 rings (SSSR count). The number of aliphatic hydroxyl groups is 1. The van der Waals surface area contributed by atoms with Gasteiger partial charge in [-0.25, -0.2) is 4.39 Å². The molecular weight excluding hydrogens is 191 g/mol. The molecule has 0 aliphatic carbocycles. The van der Waals surface area contributed by atoms with Gasteiger partial charge in [-0.2, -0.15) is 0 Å². The average Bonchev–Trinajstić information content (AvgIpc) is 2.64. The molecule has 1 aromatic rings. The zero-order valence-corrected chi connectivity index (χ0v) is 7.54. The molecule has 0 saturated carbocycles. The summed E-state index contributed by atoms with van der Waals surface area (Å²) in [5.41, 5.74) is 0.0665. The van der Waals surface area contributed by atoms with E-state index in [1.807, 2.05) is 0 Å². The van der Waals surface area contributed by atoms with E-state index < -0.39 is 12.4 Å². The highest BCUT2D eigenvalue weighted by Gasteiger charge is 2.24. The Hall–Kier alpha value is -1.49. The van der Waals surface area contributed by atoms with Gasteiger partial charge >= 0.3 is 0 Å². The minimum Gasteiger partial charge on any atom is -0.494 e. The summed E-state index contributed by atoms with van der Waals surface area (Å²) in [7, 11) is 1.35. The maximum atomic E-state index is 13.5. The molecule has 0 spiro atoms. The Labute approximate surface area is 79.8 Å². The van der Waals surface area contributed by atoms with Crippen molar-refractivity contribution in [2.45, 2.75) is 6.61 Å². The van der Waals surface area contributed by atoms with E-state index in [1.165, 1.54) is 13.2 Å². The minimum absolute atomic E-state index is 0.0366. The molecule has 0 saturated heterocycles. The van der Waals surface area contributed by atoms with Crippen molar-refractivity contribution < 1.29 is 23.7 Å². The molecule has 1 aliphatic heterocycles. The van der Waals surface area contributed by atoms with Crippen LogP contribution in [-0.4, -0.2) is 19.0 Å². The van der Waals surface area contributed by atoms with Gasteiger partial charge in [0.05, 0.1) is 19.3 Å². The van der Waals surface area contributed by atoms with E-state index in [-0.39, 0.29) is 23.9 Å². The summed E-state index contributed by atoms with van der Waals surface area (Å²) in [5, 5.41) is 8.97. The number of halogens is 1. The summed E-state index contributed by atoms with van der Waals surface area (Å²) in [6, 6.07) is 1.40. The number of hydrogen-bond donors (Lipinski definition) is 1. The summed E-state index contributed by atoms with van der Waals surface area (Å²) in [6.45, 7) is -0.413. The number of fused-ring (bicyclic) bond motifs is 1. The van der Waals surface area contributed by atoms with Gasteiger partial charge in [-0.15, -0.1) is 0 Å². The van der Waals surface area contributed by atoms with Crippen molar-refractivity contribution in [2.75, 3.05) is 13.9 Å². The van der Waals surface area contributed by atoms with Crippen LogP contribution in [0.5, 0.6) is 17.2 Å². The lowest BCUT2D eigenvalue weighted by Gasteiger charge is -2.08. The molecule has 1 aliphatic rings. The molecule has 0 aromatic heterocycles. The highest BCUT2D eigenvalue weighted by Crippen LogP contribution is 2.41. The molecule has 0 bridgehead atoms. The predicted octanol–water partition coefficient (Wildman–Crippen LogP) is 1.06. The van der Waals surface area contributed by atoms with Crippen molar-refractivity contribution in [1.29, 1.82) is 0 Å². The fourth-order valence-electron chi connectivity index (χ4n) is 1.35. The van der Waals surface area contributed by atoms with E-state index >= 15 is 0 Å². The Bertz CT molecular complexity index is 364. The third kappa shape index (κ3) is 1.17. The van der Waals surface area contributed by atoms with Crippen LogP contribution in [0.2, 0.25) is 0 Å². The maximum Gasteiger partial charge on any atom is 0.231 e. The monoisotopic (exact) mass is 200 g/mol. The Balaban J connectivity index is 2.60. The number of methoxy groups -OCH3 is 1. The van der Waals surface area contributed by atoms with Gasteiger partial charge in [-0.05, 0) is 0 Å². The van der Waals surface area contributed by atoms with Crippen LogP contribution in [0.4, 0.5) is 4.39 Å². The molecule has 1 aromatic carbocycles. The Morgan fingerprint density at radius 1 is 1.57 bits per heavy atom. The van der Waals surface area contributed by atoms with Crippen LogP contribution in [-0.2, 0) is 6.61 Å². The smallest absolute Gasteiger partial charge is 0.231 e. The second-order valence-corrected chi connectivity index (χ2v) is 2.76. The van der Waals surface area contributed by atoms with Gasteiger partial charge in [-0.1, -0.05) is 0 Å². The summed E-state index contributed by atoms with van der Waals surface area (Å²) in [6.07, 6.45) is 0. The first-order chi connectivity index (χ1) is 6.77. The Morgan fingerprint density at radius 3 is 3.00 bits per heavy atom. The molecule has 0 fully saturated rings. The first kappa shape index (κ1) is 9.08. The second-order valence-electron chi connectivity index (χ2n) is 2.76. The van der Waals surface area contributed by atoms with Gasteiger partial charge in [0.1, 0.15) is 0 Å². The summed E-state index contributed by atoms with van der Waals surface area (Å²) in [5.74, 6) is 0.0793. The van der Waals surface area contributed by atoms with E-state index in [4.69, 9.17) is 19.3 Å². The van der Waals surface area contributed by atoms with Crippen LogP contribution in [0.3, 0.4) is 0 Å². The van der Waals surface area contributed by atoms with Gasteiger partial charge in [0.15, 0.2) is 23.1 Å². The van der Waals surface area contributed by atoms with Crippen LogP contribution >= 0.6 is 0 Å². The van der Waals surface area contributed by atoms with E-state index in [9.17, 15) is 4.39 Å². The summed E-state index contributed by atoms with van der Waals surface area (Å²) < 4.78 is 28.4. The fourth-order valence-corrected chi connectivity index (χ4v) is 1.35. The van der Waals surface area contributed by atoms with Crippen molar-refractivity contribution in [3.05, 3.63) is 17.4 Å². The van der Waals surface area contributed by atoms with Crippen molar-refractivity contribution in [1.82, 2.24) is 0 Å². The number of rotatable bonds is 2. The van der Waals surface area contributed by atoms with Crippen LogP contribution in [0.1, 0.15) is 5.56 Å². The molecule has 0 radical (unpaired) electrons. The topological polar surface area (TPSA) is 47.9 Å². The lowest BCUT2D eigenvalue weighted by molar-refractivity contribution is 0.170. The third-order valence-electron chi connectivity index (χ3n) is 2.04. The molecule has 0 unspecified atom stereocenters. The van der Waals surface area contributed by atoms with Crippen LogP contribution in [0, 0.1) is 5.82 Å². The minimum atomic E-state index is -0.612. The Kier molecular flexibility index (Phi) is 2.17. The fraction of sp³-hybridized carbons (Fsp3) is 0.333. The predicted molar refractivity (Wildman–Crippen MR) is 45.0 cm³/mol. The molecular formula is C9H9FO4. The van der Waals surface area contributed by atoms with Gasteiger partial charge in [0, 0.05) is 6.07 Å². The van der Waals surface area contributed by atoms with Gasteiger partial charge in [0.25, 0.3) is 0 Å². The van der Waals surface area contributed by atoms with Gasteiger partial charge in [0.2, 0.25) is 6.79 Å². The highest BCUT2D eigenvalue weighted by molar-refractivity contribution is 5.53. The molecule has 1 heterocycles. The van der Waals surface area contributed by atoms with Gasteiger partial charge < -0.3 is 19.3 Å². The lowest BCUT2D eigenvalue weighted by atomic mass is 10.1. The normalized spacial score (nSPS) is 13.1. The van der Waals surface area contributed by atoms with Crippen LogP contribution in [0.15, 0.2) is 6.07 Å². The average molecular weight is 200 g/mol. The lowest BCUT2D eigenvalue weighted by Crippen LogP contribution is -1.97. The third-order valence-corrected chi connectivity index (χ3v) is 2.04. The van der Waals surface area contributed by atoms with E-state index in [0.29, 0.717) is 5.75 Å². The van der Waals surface area contributed by atoms with Gasteiger partial charge in [-0.3, -0.25) is 0 Å². The largest absolute Gasteiger partial charge is 0.494 e. The second kappa shape index (κ2) is 3.34. The zero-order chi connectivity index (χ0) is 10.1. The molecule has 0 amide bonds. The van der Waals surface area contributed by atoms with Crippen molar-refractivity contribution in [2.24, 2.45) is 0 Å². The quantitative estimate of drug-likeness (QED) is 0.775. The SMILES string of the molecule is COc1cc2c(c(CO)c1F)OCO2. The first-order valence-corrected chi connectivity index (χ1v) is 4.03. The highest BCUT2D eigenvalue weighted by atomic mass is 19.1. The van der Waals surface area contributed by atoms with Crippen LogP contribution < -0.4 is 14.2 Å². The van der Waals surface area contributed by atoms with Crippen molar-refractivity contribution in [3.8, 4) is 17.2 Å². The molecule has 1 N–H and O–H groups in total. The standard InChI is InChI=1S/C9H9FO4/c1-12-6-2-7-9(14-4-13-7)5(3-11)8(6)10/h2,11H,3-4H2,1H3. The summed E-state index contributed by atoms with van der Waals surface area (Å²) in [4.78, 5) is 0. The molecule has 14 heavy (non-hydrogen) atoms. The maximum absolute atomic E-state index is 13.5. The molecule has 4 nitrogen and oxygen atoms in total. The number of aliphatic hydroxyl groups excluding tert-OH is 1. The molecule has 76 valence electrons. The molecule has 5 heteroatoms. The van der Waals surface area contributed by atoms with Crippen molar-refractivity contribution in [3.63, 3.8) is 0 Å². The van der Waals surface area contributed by atoms with Crippen molar-refractivity contribution >= 4 is 0 Å². The number of ether oxygens (including phenoxy) is 3. The van der Waals surface area contributed by atoms with E-state index in [2.05, 4.69) is 0 Å².